The van der Waals surface area contributed by atoms with Gasteiger partial charge < -0.3 is 15.7 Å². The van der Waals surface area contributed by atoms with Crippen LogP contribution in [0.4, 0.5) is 0 Å². The van der Waals surface area contributed by atoms with Crippen molar-refractivity contribution in [2.45, 2.75) is 43.9 Å². The van der Waals surface area contributed by atoms with Gasteiger partial charge in [0.15, 0.2) is 5.96 Å². The predicted molar refractivity (Wildman–Crippen MR) is 111 cm³/mol. The first-order valence-corrected chi connectivity index (χ1v) is 9.35. The highest BCUT2D eigenvalue weighted by Crippen LogP contribution is 2.28. The first kappa shape index (κ1) is 20.4. The first-order chi connectivity index (χ1) is 10.7. The zero-order valence-electron chi connectivity index (χ0n) is 13.9. The number of nitrogens with zero attached hydrogens (tertiary/aromatic N) is 1. The van der Waals surface area contributed by atoms with Crippen LogP contribution in [0.15, 0.2) is 29.3 Å². The van der Waals surface area contributed by atoms with E-state index in [1.807, 2.05) is 23.9 Å². The van der Waals surface area contributed by atoms with Gasteiger partial charge in [-0.15, -0.1) is 24.0 Å². The Kier molecular flexibility index (Phi) is 9.78. The Hall–Kier alpha value is -0.630. The molecular weight excluding hydrogens is 421 g/mol. The van der Waals surface area contributed by atoms with Crippen LogP contribution < -0.4 is 10.6 Å². The van der Waals surface area contributed by atoms with E-state index in [1.165, 1.54) is 19.3 Å². The third-order valence-corrected chi connectivity index (χ3v) is 5.08. The Morgan fingerprint density at radius 1 is 1.39 bits per heavy atom. The zero-order valence-corrected chi connectivity index (χ0v) is 17.1. The summed E-state index contributed by atoms with van der Waals surface area (Å²) < 4.78 is 0. The van der Waals surface area contributed by atoms with Crippen LogP contribution in [0.5, 0.6) is 5.75 Å². The lowest BCUT2D eigenvalue weighted by atomic mass is 10.1. The number of thioether (sulfide) groups is 1. The number of phenolic OH excluding ortho intramolecular Hbond substituents is 1. The topological polar surface area (TPSA) is 56.7 Å². The molecule has 0 heterocycles. The Balaban J connectivity index is 0.00000264. The highest BCUT2D eigenvalue weighted by atomic mass is 127. The second kappa shape index (κ2) is 11.0. The average Bonchev–Trinajstić information content (AvgIpc) is 2.95. The fourth-order valence-corrected chi connectivity index (χ4v) is 3.60. The molecule has 1 fully saturated rings. The molecule has 0 aromatic heterocycles. The molecule has 1 aromatic carbocycles. The number of rotatable bonds is 6. The Bertz CT molecular complexity index is 498. The maximum atomic E-state index is 9.48. The summed E-state index contributed by atoms with van der Waals surface area (Å²) in [6, 6.07) is 7.93. The van der Waals surface area contributed by atoms with E-state index in [9.17, 15) is 5.11 Å². The quantitative estimate of drug-likeness (QED) is 0.354. The summed E-state index contributed by atoms with van der Waals surface area (Å²) in [6.45, 7) is 3.68. The molecule has 0 saturated heterocycles. The van der Waals surface area contributed by atoms with Gasteiger partial charge in [0.2, 0.25) is 0 Å². The fraction of sp³-hybridized carbons (Fsp3) is 0.588. The number of phenols is 1. The summed E-state index contributed by atoms with van der Waals surface area (Å²) >= 11 is 1.97. The van der Waals surface area contributed by atoms with Crippen LogP contribution in [0.1, 0.15) is 31.7 Å². The SMILES string of the molecule is CCNC(=NCCc1cccc(O)c1)NC1CCC(SC)C1.I. The minimum Gasteiger partial charge on any atom is -0.508 e. The third kappa shape index (κ3) is 7.20. The van der Waals surface area contributed by atoms with Gasteiger partial charge in [-0.25, -0.2) is 0 Å². The minimum atomic E-state index is 0. The van der Waals surface area contributed by atoms with E-state index in [4.69, 9.17) is 0 Å². The van der Waals surface area contributed by atoms with Crippen molar-refractivity contribution in [3.63, 3.8) is 0 Å². The second-order valence-corrected chi connectivity index (χ2v) is 6.83. The van der Waals surface area contributed by atoms with Crippen molar-refractivity contribution in [3.05, 3.63) is 29.8 Å². The Morgan fingerprint density at radius 2 is 2.22 bits per heavy atom. The van der Waals surface area contributed by atoms with E-state index in [1.54, 1.807) is 12.1 Å². The maximum absolute atomic E-state index is 9.48. The van der Waals surface area contributed by atoms with Crippen molar-refractivity contribution in [2.24, 2.45) is 4.99 Å². The van der Waals surface area contributed by atoms with Gasteiger partial charge >= 0.3 is 0 Å². The number of aromatic hydroxyl groups is 1. The van der Waals surface area contributed by atoms with Crippen molar-refractivity contribution >= 4 is 41.7 Å². The standard InChI is InChI=1S/C17H27N3OS.HI/c1-3-18-17(20-14-7-8-16(12-14)22-2)19-10-9-13-5-4-6-15(21)11-13;/h4-6,11,14,16,21H,3,7-10,12H2,1-2H3,(H2,18,19,20);1H. The van der Waals surface area contributed by atoms with E-state index < -0.39 is 0 Å². The smallest absolute Gasteiger partial charge is 0.191 e. The van der Waals surface area contributed by atoms with Crippen LogP contribution in [0.3, 0.4) is 0 Å². The molecule has 6 heteroatoms. The van der Waals surface area contributed by atoms with Crippen LogP contribution >= 0.6 is 35.7 Å². The van der Waals surface area contributed by atoms with Crippen LogP contribution in [-0.2, 0) is 6.42 Å². The lowest BCUT2D eigenvalue weighted by Gasteiger charge is -2.17. The van der Waals surface area contributed by atoms with Crippen LogP contribution in [-0.4, -0.2) is 41.7 Å². The number of hydrogen-bond acceptors (Lipinski definition) is 3. The molecule has 4 nitrogen and oxygen atoms in total. The Labute approximate surface area is 160 Å². The summed E-state index contributed by atoms with van der Waals surface area (Å²) in [5.41, 5.74) is 1.11. The second-order valence-electron chi connectivity index (χ2n) is 5.69. The van der Waals surface area contributed by atoms with E-state index in [2.05, 4.69) is 28.8 Å². The van der Waals surface area contributed by atoms with Crippen molar-refractivity contribution in [1.29, 1.82) is 0 Å². The first-order valence-electron chi connectivity index (χ1n) is 8.06. The van der Waals surface area contributed by atoms with Gasteiger partial charge in [-0.05, 0) is 56.6 Å². The number of nitrogens with one attached hydrogen (secondary N) is 2. The molecule has 0 spiro atoms. The van der Waals surface area contributed by atoms with Crippen LogP contribution in [0, 0.1) is 0 Å². The van der Waals surface area contributed by atoms with Gasteiger partial charge in [0.25, 0.3) is 0 Å². The van der Waals surface area contributed by atoms with Crippen LogP contribution in [0.2, 0.25) is 0 Å². The monoisotopic (exact) mass is 449 g/mol. The maximum Gasteiger partial charge on any atom is 0.191 e. The molecule has 2 atom stereocenters. The van der Waals surface area contributed by atoms with E-state index in [0.717, 1.165) is 36.3 Å². The summed E-state index contributed by atoms with van der Waals surface area (Å²) in [7, 11) is 0. The molecule has 1 aromatic rings. The zero-order chi connectivity index (χ0) is 15.8. The summed E-state index contributed by atoms with van der Waals surface area (Å²) in [5.74, 6) is 1.23. The third-order valence-electron chi connectivity index (χ3n) is 3.98. The number of halogens is 1. The molecule has 0 amide bonds. The Morgan fingerprint density at radius 3 is 2.87 bits per heavy atom. The van der Waals surface area contributed by atoms with Crippen molar-refractivity contribution in [2.75, 3.05) is 19.3 Å². The molecule has 3 N–H and O–H groups in total. The molecule has 130 valence electrons. The molecule has 0 aliphatic heterocycles. The van der Waals surface area contributed by atoms with Crippen LogP contribution in [0.25, 0.3) is 0 Å². The molecule has 23 heavy (non-hydrogen) atoms. The normalized spacial score (nSPS) is 20.9. The lowest BCUT2D eigenvalue weighted by molar-refractivity contribution is 0.474. The highest BCUT2D eigenvalue weighted by Gasteiger charge is 2.24. The van der Waals surface area contributed by atoms with E-state index in [-0.39, 0.29) is 24.0 Å². The minimum absolute atomic E-state index is 0. The van der Waals surface area contributed by atoms with Gasteiger partial charge in [0.1, 0.15) is 5.75 Å². The van der Waals surface area contributed by atoms with Gasteiger partial charge in [-0.3, -0.25) is 4.99 Å². The summed E-state index contributed by atoms with van der Waals surface area (Å²) in [5, 5.41) is 17.1. The van der Waals surface area contributed by atoms with E-state index >= 15 is 0 Å². The number of guanidine groups is 1. The molecule has 0 bridgehead atoms. The molecule has 2 unspecified atom stereocenters. The molecule has 1 aliphatic rings. The van der Waals surface area contributed by atoms with Crippen molar-refractivity contribution < 1.29 is 5.11 Å². The van der Waals surface area contributed by atoms with E-state index in [0.29, 0.717) is 11.8 Å². The lowest BCUT2D eigenvalue weighted by Crippen LogP contribution is -2.42. The predicted octanol–water partition coefficient (Wildman–Crippen LogP) is 3.39. The number of hydrogen-bond donors (Lipinski definition) is 3. The summed E-state index contributed by atoms with van der Waals surface area (Å²) in [6.07, 6.45) is 6.77. The van der Waals surface area contributed by atoms with Gasteiger partial charge in [0.05, 0.1) is 0 Å². The molecule has 1 aliphatic carbocycles. The number of benzene rings is 1. The van der Waals surface area contributed by atoms with Crippen molar-refractivity contribution in [1.82, 2.24) is 10.6 Å². The van der Waals surface area contributed by atoms with Gasteiger partial charge in [0, 0.05) is 24.4 Å². The van der Waals surface area contributed by atoms with Crippen molar-refractivity contribution in [3.8, 4) is 5.75 Å². The molecule has 0 radical (unpaired) electrons. The molecule has 2 rings (SSSR count). The largest absolute Gasteiger partial charge is 0.508 e. The van der Waals surface area contributed by atoms with Gasteiger partial charge in [-0.1, -0.05) is 12.1 Å². The summed E-state index contributed by atoms with van der Waals surface area (Å²) in [4.78, 5) is 4.66. The molecule has 1 saturated carbocycles. The van der Waals surface area contributed by atoms with Gasteiger partial charge in [-0.2, -0.15) is 11.8 Å². The fourth-order valence-electron chi connectivity index (χ4n) is 2.81. The highest BCUT2D eigenvalue weighted by molar-refractivity contribution is 14.0. The number of aliphatic imine (C=N–C) groups is 1. The average molecular weight is 449 g/mol. The molecular formula is C17H28IN3OS.